The molecule has 0 unspecified atom stereocenters. The van der Waals surface area contributed by atoms with Crippen LogP contribution in [0.3, 0.4) is 0 Å². The van der Waals surface area contributed by atoms with E-state index in [1.807, 2.05) is 24.3 Å². The smallest absolute Gasteiger partial charge is 0.306 e. The lowest BCUT2D eigenvalue weighted by atomic mass is 9.99. The van der Waals surface area contributed by atoms with Crippen LogP contribution >= 0.6 is 0 Å². The Morgan fingerprint density at radius 1 is 0.872 bits per heavy atom. The fourth-order valence-electron chi connectivity index (χ4n) is 4.26. The van der Waals surface area contributed by atoms with Crippen molar-refractivity contribution >= 4 is 17.6 Å². The van der Waals surface area contributed by atoms with E-state index in [2.05, 4.69) is 69.3 Å². The summed E-state index contributed by atoms with van der Waals surface area (Å²) in [4.78, 5) is 22.8. The van der Waals surface area contributed by atoms with E-state index < -0.39 is 5.97 Å². The molecule has 1 atom stereocenters. The number of nitrogens with one attached hydrogen (secondary N) is 1. The molecule has 4 rings (SSSR count). The Balaban J connectivity index is 0.00000441. The third kappa shape index (κ3) is 8.33. The quantitative estimate of drug-likeness (QED) is 0.229. The summed E-state index contributed by atoms with van der Waals surface area (Å²) < 4.78 is 5.81. The highest BCUT2D eigenvalue weighted by Crippen LogP contribution is 2.27. The Kier molecular flexibility index (Phi) is 9.94. The minimum absolute atomic E-state index is 0. The Morgan fingerprint density at radius 3 is 1.97 bits per heavy atom. The predicted octanol–water partition coefficient (Wildman–Crippen LogP) is 6.60. The number of carboxylic acid groups (broad SMARTS) is 1. The molecule has 3 aromatic carbocycles. The normalized spacial score (nSPS) is 13.1. The summed E-state index contributed by atoms with van der Waals surface area (Å²) in [5, 5.41) is 23.4. The van der Waals surface area contributed by atoms with E-state index in [9.17, 15) is 9.59 Å². The van der Waals surface area contributed by atoms with Gasteiger partial charge in [0.25, 0.3) is 0 Å². The van der Waals surface area contributed by atoms with E-state index in [-0.39, 0.29) is 13.3 Å². The monoisotopic (exact) mass is 528 g/mol. The van der Waals surface area contributed by atoms with Crippen LogP contribution in [0, 0.1) is 5.92 Å². The number of carbonyl (C=O) groups is 2. The second kappa shape index (κ2) is 14.0. The molecule has 0 aromatic heterocycles. The summed E-state index contributed by atoms with van der Waals surface area (Å²) in [6.45, 7) is 3.28. The van der Waals surface area contributed by atoms with Crippen molar-refractivity contribution in [3.05, 3.63) is 78.4 Å². The maximum atomic E-state index is 12.0. The van der Waals surface area contributed by atoms with Gasteiger partial charge in [0.1, 0.15) is 12.3 Å². The highest BCUT2D eigenvalue weighted by Gasteiger charge is 2.10. The molecule has 0 aliphatic carbocycles. The lowest BCUT2D eigenvalue weighted by molar-refractivity contribution is -0.141. The van der Waals surface area contributed by atoms with Gasteiger partial charge in [-0.25, -0.2) is 0 Å². The molecule has 204 valence electrons. The molecule has 0 spiro atoms. The molecule has 3 aromatic rings. The predicted molar refractivity (Wildman–Crippen MR) is 154 cm³/mol. The lowest BCUT2D eigenvalue weighted by Gasteiger charge is -2.09. The number of carbonyl (C=O) groups excluding carboxylic acids is 1. The topological polar surface area (TPSA) is 113 Å². The van der Waals surface area contributed by atoms with Crippen LogP contribution in [0.5, 0.6) is 5.75 Å². The van der Waals surface area contributed by atoms with Gasteiger partial charge in [-0.15, -0.1) is 5.10 Å². The number of hydrogen-bond acceptors (Lipinski definition) is 6. The number of rotatable bonds is 14. The molecule has 8 nitrogen and oxygen atoms in total. The van der Waals surface area contributed by atoms with E-state index in [1.54, 1.807) is 6.92 Å². The first-order valence-corrected chi connectivity index (χ1v) is 13.4. The van der Waals surface area contributed by atoms with Crippen LogP contribution < -0.4 is 10.1 Å². The van der Waals surface area contributed by atoms with Crippen LogP contribution in [0.1, 0.15) is 46.0 Å². The number of unbranched alkanes of at least 4 members (excludes halogenated alkanes) is 1. The summed E-state index contributed by atoms with van der Waals surface area (Å²) in [6.07, 6.45) is 3.23. The molecule has 1 amide bonds. The molecule has 1 heterocycles. The van der Waals surface area contributed by atoms with Gasteiger partial charge in [-0.3, -0.25) is 9.59 Å². The molecular formula is C31H36N4O4. The van der Waals surface area contributed by atoms with Gasteiger partial charge in [-0.1, -0.05) is 74.0 Å². The highest BCUT2D eigenvalue weighted by atomic mass is 16.5. The van der Waals surface area contributed by atoms with E-state index in [0.29, 0.717) is 39.0 Å². The summed E-state index contributed by atoms with van der Waals surface area (Å²) in [7, 11) is 0. The zero-order valence-electron chi connectivity index (χ0n) is 22.2. The fourth-order valence-corrected chi connectivity index (χ4v) is 4.26. The first kappa shape index (κ1) is 27.7. The Bertz CT molecular complexity index is 1310. The molecule has 0 saturated heterocycles. The SMILES string of the molecule is C[C@@H](CCCCNC(=O)CCCOc1ccc(-c2ccc(-c3ccc(C4=NN=NC4)cc3)cc2)cc1)C(=O)O.[HH]. The number of aliphatic carboxylic acids is 1. The fraction of sp³-hybridized carbons (Fsp3) is 0.323. The maximum Gasteiger partial charge on any atom is 0.306 e. The zero-order valence-corrected chi connectivity index (χ0v) is 22.2. The van der Waals surface area contributed by atoms with Crippen molar-refractivity contribution in [1.82, 2.24) is 5.32 Å². The summed E-state index contributed by atoms with van der Waals surface area (Å²) in [6, 6.07) is 24.7. The highest BCUT2D eigenvalue weighted by molar-refractivity contribution is 6.02. The van der Waals surface area contributed by atoms with Gasteiger partial charge in [-0.2, -0.15) is 5.11 Å². The maximum absolute atomic E-state index is 12.0. The molecule has 1 aliphatic heterocycles. The van der Waals surface area contributed by atoms with Crippen molar-refractivity contribution in [2.75, 3.05) is 19.7 Å². The average molecular weight is 529 g/mol. The number of nitrogens with zero attached hydrogens (tertiary/aromatic N) is 3. The van der Waals surface area contributed by atoms with Crippen LogP contribution in [0.15, 0.2) is 88.2 Å². The third-order valence-electron chi connectivity index (χ3n) is 6.70. The van der Waals surface area contributed by atoms with Gasteiger partial charge in [0.05, 0.1) is 18.2 Å². The molecule has 0 fully saturated rings. The second-order valence-electron chi connectivity index (χ2n) is 9.65. The van der Waals surface area contributed by atoms with Crippen LogP contribution in [0.25, 0.3) is 22.3 Å². The zero-order chi connectivity index (χ0) is 27.5. The van der Waals surface area contributed by atoms with Gasteiger partial charge in [0.2, 0.25) is 5.91 Å². The average Bonchev–Trinajstić information content (AvgIpc) is 3.51. The molecule has 39 heavy (non-hydrogen) atoms. The van der Waals surface area contributed by atoms with Gasteiger partial charge in [-0.05, 0) is 64.4 Å². The molecule has 2 N–H and O–H groups in total. The van der Waals surface area contributed by atoms with Crippen LogP contribution in [-0.2, 0) is 9.59 Å². The van der Waals surface area contributed by atoms with Crippen LogP contribution in [-0.4, -0.2) is 42.4 Å². The molecule has 0 radical (unpaired) electrons. The van der Waals surface area contributed by atoms with Crippen molar-refractivity contribution in [3.8, 4) is 28.0 Å². The van der Waals surface area contributed by atoms with Crippen molar-refractivity contribution in [1.29, 1.82) is 0 Å². The molecule has 1 aliphatic rings. The van der Waals surface area contributed by atoms with Crippen molar-refractivity contribution in [3.63, 3.8) is 0 Å². The molecule has 0 bridgehead atoms. The standard InChI is InChI=1S/C31H34N4O4.H2/c1-22(31(37)38)5-2-3-19-32-30(36)6-4-20-39-28-17-15-26(16-18-28)24-9-7-23(8-10-24)25-11-13-27(14-12-25)29-21-33-35-34-29;/h7-18,22H,2-6,19-21H2,1H3,(H,32,36)(H,37,38);1H/t22-;/m0./s1. The Morgan fingerprint density at radius 2 is 1.44 bits per heavy atom. The Labute approximate surface area is 230 Å². The van der Waals surface area contributed by atoms with E-state index in [0.717, 1.165) is 52.1 Å². The number of ether oxygens (including phenoxy) is 1. The largest absolute Gasteiger partial charge is 0.494 e. The number of carboxylic acids is 1. The Hall–Kier alpha value is -4.33. The van der Waals surface area contributed by atoms with E-state index >= 15 is 0 Å². The minimum Gasteiger partial charge on any atom is -0.494 e. The summed E-state index contributed by atoms with van der Waals surface area (Å²) in [5.41, 5.74) is 6.45. The van der Waals surface area contributed by atoms with E-state index in [4.69, 9.17) is 9.84 Å². The summed E-state index contributed by atoms with van der Waals surface area (Å²) in [5.74, 6) is -0.342. The van der Waals surface area contributed by atoms with Crippen LogP contribution in [0.2, 0.25) is 0 Å². The minimum atomic E-state index is -0.772. The molecule has 8 heteroatoms. The lowest BCUT2D eigenvalue weighted by Crippen LogP contribution is -2.24. The third-order valence-corrected chi connectivity index (χ3v) is 6.70. The van der Waals surface area contributed by atoms with Crippen LogP contribution in [0.4, 0.5) is 0 Å². The van der Waals surface area contributed by atoms with E-state index in [1.165, 1.54) is 0 Å². The van der Waals surface area contributed by atoms with Crippen molar-refractivity contribution in [2.45, 2.75) is 39.0 Å². The number of amides is 1. The molecule has 0 saturated carbocycles. The van der Waals surface area contributed by atoms with Gasteiger partial charge < -0.3 is 15.2 Å². The van der Waals surface area contributed by atoms with Gasteiger partial charge in [0, 0.05) is 14.4 Å². The number of hydrogen-bond donors (Lipinski definition) is 2. The van der Waals surface area contributed by atoms with Gasteiger partial charge in [0.15, 0.2) is 0 Å². The summed E-state index contributed by atoms with van der Waals surface area (Å²) >= 11 is 0. The van der Waals surface area contributed by atoms with Gasteiger partial charge >= 0.3 is 5.97 Å². The first-order chi connectivity index (χ1) is 19.0. The first-order valence-electron chi connectivity index (χ1n) is 13.4. The molecular weight excluding hydrogens is 492 g/mol. The number of benzene rings is 3. The van der Waals surface area contributed by atoms with Crippen molar-refractivity contribution in [2.24, 2.45) is 21.4 Å². The van der Waals surface area contributed by atoms with Crippen molar-refractivity contribution < 1.29 is 20.9 Å². The second-order valence-corrected chi connectivity index (χ2v) is 9.65.